The minimum Gasteiger partial charge on any atom is -0.371 e. The Morgan fingerprint density at radius 3 is 2.35 bits per heavy atom. The summed E-state index contributed by atoms with van der Waals surface area (Å²) in [6.45, 7) is 4.95. The molecule has 1 heterocycles. The SMILES string of the molecule is C[C@@H](C(=O)Nc1ccccc1-c1ccccc1)N(C)Cc1ccccc1N1CCCC1. The van der Waals surface area contributed by atoms with E-state index in [0.29, 0.717) is 0 Å². The molecule has 0 radical (unpaired) electrons. The largest absolute Gasteiger partial charge is 0.371 e. The van der Waals surface area contributed by atoms with Crippen molar-refractivity contribution >= 4 is 17.3 Å². The summed E-state index contributed by atoms with van der Waals surface area (Å²) in [5.74, 6) is 0.00420. The van der Waals surface area contributed by atoms with Crippen LogP contribution in [0.1, 0.15) is 25.3 Å². The summed E-state index contributed by atoms with van der Waals surface area (Å²) in [5.41, 5.74) is 5.55. The third kappa shape index (κ3) is 4.97. The second kappa shape index (κ2) is 9.80. The van der Waals surface area contributed by atoms with E-state index in [1.165, 1.54) is 24.1 Å². The van der Waals surface area contributed by atoms with Crippen molar-refractivity contribution in [1.82, 2.24) is 4.90 Å². The van der Waals surface area contributed by atoms with Crippen LogP contribution in [0.3, 0.4) is 0 Å². The number of hydrogen-bond donors (Lipinski definition) is 1. The fraction of sp³-hybridized carbons (Fsp3) is 0.296. The molecule has 31 heavy (non-hydrogen) atoms. The Balaban J connectivity index is 1.46. The highest BCUT2D eigenvalue weighted by atomic mass is 16.2. The molecule has 0 aliphatic carbocycles. The van der Waals surface area contributed by atoms with E-state index < -0.39 is 0 Å². The van der Waals surface area contributed by atoms with Crippen LogP contribution in [0.2, 0.25) is 0 Å². The number of nitrogens with one attached hydrogen (secondary N) is 1. The van der Waals surface area contributed by atoms with E-state index >= 15 is 0 Å². The van der Waals surface area contributed by atoms with E-state index in [1.54, 1.807) is 0 Å². The van der Waals surface area contributed by atoms with Crippen LogP contribution in [0, 0.1) is 0 Å². The van der Waals surface area contributed by atoms with Gasteiger partial charge < -0.3 is 10.2 Å². The maximum absolute atomic E-state index is 13.1. The first-order valence-electron chi connectivity index (χ1n) is 11.1. The summed E-state index contributed by atoms with van der Waals surface area (Å²) in [7, 11) is 2.02. The lowest BCUT2D eigenvalue weighted by atomic mass is 10.0. The van der Waals surface area contributed by atoms with Crippen LogP contribution in [0.4, 0.5) is 11.4 Å². The van der Waals surface area contributed by atoms with Crippen LogP contribution in [-0.2, 0) is 11.3 Å². The number of para-hydroxylation sites is 2. The Kier molecular flexibility index (Phi) is 6.68. The number of carbonyl (C=O) groups excluding carboxylic acids is 1. The second-order valence-electron chi connectivity index (χ2n) is 8.31. The third-order valence-electron chi connectivity index (χ3n) is 6.17. The van der Waals surface area contributed by atoms with Crippen molar-refractivity contribution in [3.05, 3.63) is 84.4 Å². The van der Waals surface area contributed by atoms with Crippen molar-refractivity contribution in [3.63, 3.8) is 0 Å². The van der Waals surface area contributed by atoms with Gasteiger partial charge in [0.1, 0.15) is 0 Å². The van der Waals surface area contributed by atoms with Gasteiger partial charge in [-0.3, -0.25) is 9.69 Å². The molecule has 3 aromatic rings. The first-order chi connectivity index (χ1) is 15.1. The van der Waals surface area contributed by atoms with Gasteiger partial charge in [-0.2, -0.15) is 0 Å². The van der Waals surface area contributed by atoms with Crippen LogP contribution in [0.15, 0.2) is 78.9 Å². The highest BCUT2D eigenvalue weighted by Crippen LogP contribution is 2.28. The molecule has 1 saturated heterocycles. The van der Waals surface area contributed by atoms with Crippen LogP contribution < -0.4 is 10.2 Å². The Morgan fingerprint density at radius 1 is 0.935 bits per heavy atom. The third-order valence-corrected chi connectivity index (χ3v) is 6.17. The summed E-state index contributed by atoms with van der Waals surface area (Å²) >= 11 is 0. The van der Waals surface area contributed by atoms with Gasteiger partial charge in [0.15, 0.2) is 0 Å². The number of hydrogen-bond acceptors (Lipinski definition) is 3. The average molecular weight is 414 g/mol. The summed E-state index contributed by atoms with van der Waals surface area (Å²) in [6, 6.07) is 26.5. The molecule has 0 spiro atoms. The Labute approximate surface area is 185 Å². The number of nitrogens with zero attached hydrogens (tertiary/aromatic N) is 2. The van der Waals surface area contributed by atoms with Gasteiger partial charge in [0.05, 0.1) is 6.04 Å². The van der Waals surface area contributed by atoms with Gasteiger partial charge in [0.25, 0.3) is 0 Å². The maximum atomic E-state index is 13.1. The number of anilines is 2. The normalized spacial score (nSPS) is 14.6. The molecule has 4 rings (SSSR count). The van der Waals surface area contributed by atoms with Crippen molar-refractivity contribution < 1.29 is 4.79 Å². The summed E-state index contributed by atoms with van der Waals surface area (Å²) < 4.78 is 0. The zero-order valence-electron chi connectivity index (χ0n) is 18.4. The first-order valence-corrected chi connectivity index (χ1v) is 11.1. The minimum absolute atomic E-state index is 0.00420. The predicted octanol–water partition coefficient (Wildman–Crippen LogP) is 5.41. The van der Waals surface area contributed by atoms with Gasteiger partial charge in [-0.05, 0) is 50.1 Å². The summed E-state index contributed by atoms with van der Waals surface area (Å²) in [4.78, 5) is 17.7. The predicted molar refractivity (Wildman–Crippen MR) is 129 cm³/mol. The number of benzene rings is 3. The maximum Gasteiger partial charge on any atom is 0.241 e. The fourth-order valence-corrected chi connectivity index (χ4v) is 4.22. The number of rotatable bonds is 7. The van der Waals surface area contributed by atoms with E-state index in [4.69, 9.17) is 0 Å². The molecule has 1 atom stereocenters. The van der Waals surface area contributed by atoms with Gasteiger partial charge in [0.2, 0.25) is 5.91 Å². The lowest BCUT2D eigenvalue weighted by molar-refractivity contribution is -0.120. The van der Waals surface area contributed by atoms with Crippen LogP contribution in [0.5, 0.6) is 0 Å². The Morgan fingerprint density at radius 2 is 1.58 bits per heavy atom. The van der Waals surface area contributed by atoms with Crippen molar-refractivity contribution in [2.75, 3.05) is 30.4 Å². The van der Waals surface area contributed by atoms with Gasteiger partial charge in [-0.15, -0.1) is 0 Å². The molecule has 0 aromatic heterocycles. The lowest BCUT2D eigenvalue weighted by Crippen LogP contribution is -2.39. The molecule has 1 aliphatic rings. The molecular formula is C27H31N3O. The van der Waals surface area contributed by atoms with Crippen molar-refractivity contribution in [3.8, 4) is 11.1 Å². The zero-order valence-corrected chi connectivity index (χ0v) is 18.4. The number of likely N-dealkylation sites (N-methyl/N-ethyl adjacent to an activating group) is 1. The standard InChI is InChI=1S/C27H31N3O/c1-21(29(2)20-23-14-6-9-17-26(23)30-18-10-11-19-30)27(31)28-25-16-8-7-15-24(25)22-12-4-3-5-13-22/h3-9,12-17,21H,10-11,18-20H2,1-2H3,(H,28,31)/t21-/m0/s1. The molecule has 1 N–H and O–H groups in total. The number of carbonyl (C=O) groups is 1. The van der Waals surface area contributed by atoms with E-state index in [2.05, 4.69) is 51.5 Å². The van der Waals surface area contributed by atoms with Crippen molar-refractivity contribution in [1.29, 1.82) is 0 Å². The van der Waals surface area contributed by atoms with E-state index in [1.807, 2.05) is 56.4 Å². The van der Waals surface area contributed by atoms with Gasteiger partial charge >= 0.3 is 0 Å². The molecule has 4 heteroatoms. The van der Waals surface area contributed by atoms with Crippen LogP contribution in [-0.4, -0.2) is 37.0 Å². The molecule has 1 aliphatic heterocycles. The Hall–Kier alpha value is -3.11. The molecule has 4 nitrogen and oxygen atoms in total. The molecule has 0 bridgehead atoms. The topological polar surface area (TPSA) is 35.6 Å². The van der Waals surface area contributed by atoms with Crippen molar-refractivity contribution in [2.24, 2.45) is 0 Å². The Bertz CT molecular complexity index is 1010. The molecule has 0 saturated carbocycles. The lowest BCUT2D eigenvalue weighted by Gasteiger charge is -2.27. The number of amides is 1. The highest BCUT2D eigenvalue weighted by molar-refractivity contribution is 5.98. The van der Waals surface area contributed by atoms with Gasteiger partial charge in [0, 0.05) is 36.6 Å². The smallest absolute Gasteiger partial charge is 0.241 e. The van der Waals surface area contributed by atoms with Crippen LogP contribution >= 0.6 is 0 Å². The van der Waals surface area contributed by atoms with E-state index in [-0.39, 0.29) is 11.9 Å². The van der Waals surface area contributed by atoms with Crippen molar-refractivity contribution in [2.45, 2.75) is 32.4 Å². The quantitative estimate of drug-likeness (QED) is 0.562. The molecule has 160 valence electrons. The van der Waals surface area contributed by atoms with Gasteiger partial charge in [-0.25, -0.2) is 0 Å². The van der Waals surface area contributed by atoms with E-state index in [0.717, 1.165) is 36.4 Å². The molecule has 1 amide bonds. The monoisotopic (exact) mass is 413 g/mol. The molecular weight excluding hydrogens is 382 g/mol. The first kappa shape index (κ1) is 21.1. The van der Waals surface area contributed by atoms with Gasteiger partial charge in [-0.1, -0.05) is 66.7 Å². The summed E-state index contributed by atoms with van der Waals surface area (Å²) in [5, 5.41) is 3.15. The summed E-state index contributed by atoms with van der Waals surface area (Å²) in [6.07, 6.45) is 2.51. The second-order valence-corrected chi connectivity index (χ2v) is 8.31. The van der Waals surface area contributed by atoms with Crippen LogP contribution in [0.25, 0.3) is 11.1 Å². The molecule has 1 fully saturated rings. The molecule has 0 unspecified atom stereocenters. The fourth-order valence-electron chi connectivity index (χ4n) is 4.22. The minimum atomic E-state index is -0.254. The zero-order chi connectivity index (χ0) is 21.6. The average Bonchev–Trinajstić information content (AvgIpc) is 3.34. The van der Waals surface area contributed by atoms with E-state index in [9.17, 15) is 4.79 Å². The highest BCUT2D eigenvalue weighted by Gasteiger charge is 2.22. The molecule has 3 aromatic carbocycles.